The first-order valence-electron chi connectivity index (χ1n) is 11.0. The predicted octanol–water partition coefficient (Wildman–Crippen LogP) is 6.20. The first-order chi connectivity index (χ1) is 17.4. The molecule has 1 aliphatic rings. The SMILES string of the molecule is CCOc1cc(/C=C2\SC(=O)N(Cc3ccc(Cl)cc3)C2=O)ccc1OC(=O)c1ccc(OC)cc1. The molecule has 1 saturated heterocycles. The van der Waals surface area contributed by atoms with Crippen molar-refractivity contribution in [3.8, 4) is 17.2 Å². The van der Waals surface area contributed by atoms with Crippen LogP contribution >= 0.6 is 23.4 Å². The Kier molecular flexibility index (Phi) is 7.97. The standard InChI is InChI=1S/C27H22ClNO6S/c1-3-34-23-14-18(6-13-22(23)35-26(31)19-7-11-21(33-2)12-8-19)15-24-25(30)29(27(32)36-24)16-17-4-9-20(28)10-5-17/h4-15H,3,16H2,1-2H3/b24-15-. The molecule has 0 atom stereocenters. The fourth-order valence-corrected chi connectivity index (χ4v) is 4.38. The molecule has 9 heteroatoms. The minimum absolute atomic E-state index is 0.156. The number of imide groups is 1. The number of rotatable bonds is 8. The average molecular weight is 524 g/mol. The van der Waals surface area contributed by atoms with Crippen LogP contribution in [0.5, 0.6) is 17.2 Å². The van der Waals surface area contributed by atoms with Crippen molar-refractivity contribution < 1.29 is 28.6 Å². The van der Waals surface area contributed by atoms with Crippen LogP contribution in [0.1, 0.15) is 28.4 Å². The first kappa shape index (κ1) is 25.3. The van der Waals surface area contributed by atoms with E-state index in [1.165, 1.54) is 4.90 Å². The molecule has 0 radical (unpaired) electrons. The zero-order valence-corrected chi connectivity index (χ0v) is 21.1. The number of nitrogens with zero attached hydrogens (tertiary/aromatic N) is 1. The molecule has 0 unspecified atom stereocenters. The van der Waals surface area contributed by atoms with Crippen LogP contribution in [0, 0.1) is 0 Å². The number of carbonyl (C=O) groups excluding carboxylic acids is 3. The number of esters is 1. The van der Waals surface area contributed by atoms with Gasteiger partial charge in [-0.15, -0.1) is 0 Å². The fourth-order valence-electron chi connectivity index (χ4n) is 3.41. The Balaban J connectivity index is 1.51. The van der Waals surface area contributed by atoms with Crippen LogP contribution in [0.4, 0.5) is 4.79 Å². The van der Waals surface area contributed by atoms with E-state index in [1.807, 2.05) is 6.92 Å². The third kappa shape index (κ3) is 5.90. The summed E-state index contributed by atoms with van der Waals surface area (Å²) in [5.74, 6) is 0.283. The Bertz CT molecular complexity index is 1320. The Morgan fingerprint density at radius 3 is 2.39 bits per heavy atom. The Morgan fingerprint density at radius 1 is 1.00 bits per heavy atom. The van der Waals surface area contributed by atoms with Gasteiger partial charge >= 0.3 is 5.97 Å². The third-order valence-electron chi connectivity index (χ3n) is 5.22. The van der Waals surface area contributed by atoms with Gasteiger partial charge in [-0.1, -0.05) is 29.8 Å². The van der Waals surface area contributed by atoms with Crippen molar-refractivity contribution in [1.29, 1.82) is 0 Å². The van der Waals surface area contributed by atoms with Crippen molar-refractivity contribution in [2.45, 2.75) is 13.5 Å². The molecular weight excluding hydrogens is 502 g/mol. The average Bonchev–Trinajstić information content (AvgIpc) is 3.14. The Morgan fingerprint density at radius 2 is 1.72 bits per heavy atom. The van der Waals surface area contributed by atoms with Crippen LogP contribution < -0.4 is 14.2 Å². The maximum absolute atomic E-state index is 12.9. The van der Waals surface area contributed by atoms with Gasteiger partial charge in [-0.25, -0.2) is 4.79 Å². The smallest absolute Gasteiger partial charge is 0.343 e. The van der Waals surface area contributed by atoms with Gasteiger partial charge < -0.3 is 14.2 Å². The van der Waals surface area contributed by atoms with Crippen LogP contribution in [0.2, 0.25) is 5.02 Å². The topological polar surface area (TPSA) is 82.1 Å². The first-order valence-corrected chi connectivity index (χ1v) is 12.2. The quantitative estimate of drug-likeness (QED) is 0.197. The maximum atomic E-state index is 12.9. The molecule has 2 amide bonds. The molecule has 1 aliphatic heterocycles. The summed E-state index contributed by atoms with van der Waals surface area (Å²) in [6, 6.07) is 18.5. The molecule has 0 N–H and O–H groups in total. The zero-order valence-electron chi connectivity index (χ0n) is 19.5. The number of hydrogen-bond donors (Lipinski definition) is 0. The van der Waals surface area contributed by atoms with E-state index in [4.69, 9.17) is 25.8 Å². The second-order valence-electron chi connectivity index (χ2n) is 7.65. The van der Waals surface area contributed by atoms with E-state index in [2.05, 4.69) is 0 Å². The van der Waals surface area contributed by atoms with Gasteiger partial charge in [-0.3, -0.25) is 14.5 Å². The lowest BCUT2D eigenvalue weighted by atomic mass is 10.1. The predicted molar refractivity (Wildman–Crippen MR) is 139 cm³/mol. The largest absolute Gasteiger partial charge is 0.497 e. The summed E-state index contributed by atoms with van der Waals surface area (Å²) in [4.78, 5) is 39.5. The number of thioether (sulfide) groups is 1. The van der Waals surface area contributed by atoms with Crippen LogP contribution in [-0.4, -0.2) is 35.7 Å². The lowest BCUT2D eigenvalue weighted by Crippen LogP contribution is -2.27. The summed E-state index contributed by atoms with van der Waals surface area (Å²) in [6.45, 7) is 2.31. The van der Waals surface area contributed by atoms with Gasteiger partial charge in [0.25, 0.3) is 11.1 Å². The molecule has 3 aromatic rings. The Hall–Kier alpha value is -3.75. The van der Waals surface area contributed by atoms with E-state index in [-0.39, 0.29) is 23.4 Å². The van der Waals surface area contributed by atoms with E-state index in [0.29, 0.717) is 39.2 Å². The van der Waals surface area contributed by atoms with E-state index in [9.17, 15) is 14.4 Å². The molecule has 184 valence electrons. The normalized spacial score (nSPS) is 14.3. The minimum atomic E-state index is -0.547. The van der Waals surface area contributed by atoms with Gasteiger partial charge in [0, 0.05) is 5.02 Å². The van der Waals surface area contributed by atoms with E-state index < -0.39 is 5.97 Å². The highest BCUT2D eigenvalue weighted by atomic mass is 35.5. The Labute approximate surface area is 217 Å². The van der Waals surface area contributed by atoms with Crippen LogP contribution in [0.3, 0.4) is 0 Å². The molecule has 0 bridgehead atoms. The molecule has 4 rings (SSSR count). The number of hydrogen-bond acceptors (Lipinski definition) is 7. The van der Waals surface area contributed by atoms with Crippen molar-refractivity contribution in [1.82, 2.24) is 4.90 Å². The van der Waals surface area contributed by atoms with E-state index in [1.54, 1.807) is 79.9 Å². The highest BCUT2D eigenvalue weighted by Gasteiger charge is 2.35. The number of halogens is 1. The van der Waals surface area contributed by atoms with Gasteiger partial charge in [0.1, 0.15) is 5.75 Å². The van der Waals surface area contributed by atoms with Crippen molar-refractivity contribution in [3.05, 3.63) is 93.3 Å². The highest BCUT2D eigenvalue weighted by molar-refractivity contribution is 8.18. The molecular formula is C27H22ClNO6S. The molecule has 0 aromatic heterocycles. The number of methoxy groups -OCH3 is 1. The fraction of sp³-hybridized carbons (Fsp3) is 0.148. The monoisotopic (exact) mass is 523 g/mol. The summed E-state index contributed by atoms with van der Waals surface area (Å²) in [5, 5.41) is 0.229. The van der Waals surface area contributed by atoms with E-state index >= 15 is 0 Å². The van der Waals surface area contributed by atoms with E-state index in [0.717, 1.165) is 17.3 Å². The van der Waals surface area contributed by atoms with Crippen molar-refractivity contribution in [3.63, 3.8) is 0 Å². The van der Waals surface area contributed by atoms with Gasteiger partial charge in [-0.2, -0.15) is 0 Å². The number of carbonyl (C=O) groups is 3. The van der Waals surface area contributed by atoms with Crippen LogP contribution in [-0.2, 0) is 11.3 Å². The summed E-state index contributed by atoms with van der Waals surface area (Å²) in [5.41, 5.74) is 1.78. The van der Waals surface area contributed by atoms with Crippen molar-refractivity contribution in [2.75, 3.05) is 13.7 Å². The second-order valence-corrected chi connectivity index (χ2v) is 9.08. The maximum Gasteiger partial charge on any atom is 0.343 e. The molecule has 0 aliphatic carbocycles. The number of benzene rings is 3. The summed E-state index contributed by atoms with van der Waals surface area (Å²) in [7, 11) is 1.54. The minimum Gasteiger partial charge on any atom is -0.497 e. The van der Waals surface area contributed by atoms with Crippen molar-refractivity contribution in [2.24, 2.45) is 0 Å². The summed E-state index contributed by atoms with van der Waals surface area (Å²) in [6.07, 6.45) is 1.62. The van der Waals surface area contributed by atoms with Gasteiger partial charge in [0.15, 0.2) is 11.5 Å². The number of amides is 2. The number of ether oxygens (including phenoxy) is 3. The molecule has 0 spiro atoms. The van der Waals surface area contributed by atoms with Crippen molar-refractivity contribution >= 4 is 46.6 Å². The van der Waals surface area contributed by atoms with Crippen LogP contribution in [0.15, 0.2) is 71.6 Å². The van der Waals surface area contributed by atoms with Gasteiger partial charge in [0.2, 0.25) is 0 Å². The molecule has 1 heterocycles. The zero-order chi connectivity index (χ0) is 25.7. The second kappa shape index (κ2) is 11.3. The van der Waals surface area contributed by atoms with Gasteiger partial charge in [0.05, 0.1) is 30.7 Å². The molecule has 7 nitrogen and oxygen atoms in total. The molecule has 1 fully saturated rings. The molecule has 3 aromatic carbocycles. The summed E-state index contributed by atoms with van der Waals surface area (Å²) < 4.78 is 16.3. The third-order valence-corrected chi connectivity index (χ3v) is 6.38. The van der Waals surface area contributed by atoms with Crippen LogP contribution in [0.25, 0.3) is 6.08 Å². The lowest BCUT2D eigenvalue weighted by molar-refractivity contribution is -0.123. The summed E-state index contributed by atoms with van der Waals surface area (Å²) >= 11 is 6.78. The lowest BCUT2D eigenvalue weighted by Gasteiger charge is -2.13. The molecule has 0 saturated carbocycles. The van der Waals surface area contributed by atoms with Gasteiger partial charge in [-0.05, 0) is 84.4 Å². The molecule has 36 heavy (non-hydrogen) atoms. The highest BCUT2D eigenvalue weighted by Crippen LogP contribution is 2.35.